The lowest BCUT2D eigenvalue weighted by molar-refractivity contribution is 0.102. The predicted molar refractivity (Wildman–Crippen MR) is 117 cm³/mol. The fourth-order valence-electron chi connectivity index (χ4n) is 3.57. The van der Waals surface area contributed by atoms with Gasteiger partial charge in [-0.15, -0.1) is 0 Å². The number of sulfonamides is 1. The van der Waals surface area contributed by atoms with Crippen molar-refractivity contribution in [1.82, 2.24) is 13.9 Å². The maximum absolute atomic E-state index is 12.9. The summed E-state index contributed by atoms with van der Waals surface area (Å²) in [6.07, 6.45) is 7.03. The Morgan fingerprint density at radius 2 is 1.87 bits per heavy atom. The van der Waals surface area contributed by atoms with Crippen LogP contribution < -0.4 is 10.1 Å². The molecular weight excluding hydrogens is 416 g/mol. The van der Waals surface area contributed by atoms with E-state index in [9.17, 15) is 13.2 Å². The van der Waals surface area contributed by atoms with Gasteiger partial charge in [0.05, 0.1) is 24.0 Å². The molecule has 1 aromatic heterocycles. The third-order valence-electron chi connectivity index (χ3n) is 5.26. The number of carbonyl (C=O) groups excluding carboxylic acids is 1. The number of carbonyl (C=O) groups is 1. The van der Waals surface area contributed by atoms with Crippen molar-refractivity contribution >= 4 is 21.6 Å². The van der Waals surface area contributed by atoms with E-state index in [2.05, 4.69) is 10.3 Å². The number of hydrogen-bond donors (Lipinski definition) is 1. The smallest absolute Gasteiger partial charge is 0.255 e. The normalized spacial score (nSPS) is 14.5. The zero-order chi connectivity index (χ0) is 21.8. The summed E-state index contributed by atoms with van der Waals surface area (Å²) in [5.41, 5.74) is 1.81. The molecular formula is C22H24N4O4S. The lowest BCUT2D eigenvalue weighted by Crippen LogP contribution is -2.28. The first-order valence-electron chi connectivity index (χ1n) is 10.0. The molecule has 1 fully saturated rings. The Hall–Kier alpha value is -3.17. The highest BCUT2D eigenvalue weighted by molar-refractivity contribution is 7.89. The fraction of sp³-hybridized carbons (Fsp3) is 0.273. The number of aromatic nitrogens is 2. The summed E-state index contributed by atoms with van der Waals surface area (Å²) in [5.74, 6) is 0.0497. The van der Waals surface area contributed by atoms with E-state index in [1.807, 2.05) is 22.9 Å². The number of hydrogen-bond acceptors (Lipinski definition) is 5. The number of nitrogens with zero attached hydrogens (tertiary/aromatic N) is 3. The number of rotatable bonds is 7. The van der Waals surface area contributed by atoms with E-state index in [4.69, 9.17) is 4.74 Å². The first-order chi connectivity index (χ1) is 15.0. The van der Waals surface area contributed by atoms with Gasteiger partial charge in [-0.3, -0.25) is 4.79 Å². The molecule has 4 rings (SSSR count). The van der Waals surface area contributed by atoms with Crippen LogP contribution in [0.3, 0.4) is 0 Å². The molecule has 0 spiro atoms. The van der Waals surface area contributed by atoms with Crippen LogP contribution in [-0.4, -0.2) is 48.4 Å². The van der Waals surface area contributed by atoms with Crippen molar-refractivity contribution in [1.29, 1.82) is 0 Å². The lowest BCUT2D eigenvalue weighted by atomic mass is 10.1. The Morgan fingerprint density at radius 3 is 2.52 bits per heavy atom. The van der Waals surface area contributed by atoms with Gasteiger partial charge in [-0.2, -0.15) is 4.31 Å². The van der Waals surface area contributed by atoms with Crippen LogP contribution in [0, 0.1) is 0 Å². The standard InChI is InChI=1S/C22H24N4O4S/c1-30-21-9-8-19(31(28,29)26-11-2-3-12-26)14-20(21)24-22(27)18-6-4-17(5-7-18)15-25-13-10-23-16-25/h4-10,13-14,16H,2-3,11-12,15H2,1H3,(H,24,27). The van der Waals surface area contributed by atoms with Crippen LogP contribution in [0.1, 0.15) is 28.8 Å². The zero-order valence-corrected chi connectivity index (χ0v) is 18.0. The molecule has 3 aromatic rings. The van der Waals surface area contributed by atoms with Gasteiger partial charge in [-0.1, -0.05) is 12.1 Å². The highest BCUT2D eigenvalue weighted by Crippen LogP contribution is 2.30. The Kier molecular flexibility index (Phi) is 6.06. The molecule has 162 valence electrons. The molecule has 1 saturated heterocycles. The molecule has 2 heterocycles. The zero-order valence-electron chi connectivity index (χ0n) is 17.2. The molecule has 1 aliphatic heterocycles. The molecule has 31 heavy (non-hydrogen) atoms. The summed E-state index contributed by atoms with van der Waals surface area (Å²) < 4.78 is 34.5. The second-order valence-corrected chi connectivity index (χ2v) is 9.30. The topological polar surface area (TPSA) is 93.5 Å². The molecule has 9 heteroatoms. The van der Waals surface area contributed by atoms with Crippen LogP contribution in [0.2, 0.25) is 0 Å². The molecule has 8 nitrogen and oxygen atoms in total. The summed E-state index contributed by atoms with van der Waals surface area (Å²) in [7, 11) is -2.12. The van der Waals surface area contributed by atoms with Crippen molar-refractivity contribution in [3.63, 3.8) is 0 Å². The van der Waals surface area contributed by atoms with Crippen LogP contribution in [0.25, 0.3) is 0 Å². The Labute approximate surface area is 181 Å². The summed E-state index contributed by atoms with van der Waals surface area (Å²) in [4.78, 5) is 16.9. The van der Waals surface area contributed by atoms with E-state index in [0.717, 1.165) is 18.4 Å². The average molecular weight is 441 g/mol. The van der Waals surface area contributed by atoms with Gasteiger partial charge in [0.25, 0.3) is 5.91 Å². The fourth-order valence-corrected chi connectivity index (χ4v) is 5.11. The number of amides is 1. The highest BCUT2D eigenvalue weighted by Gasteiger charge is 2.28. The molecule has 1 amide bonds. The minimum atomic E-state index is -3.60. The van der Waals surface area contributed by atoms with E-state index >= 15 is 0 Å². The molecule has 2 aromatic carbocycles. The van der Waals surface area contributed by atoms with Crippen LogP contribution in [0.15, 0.2) is 66.1 Å². The van der Waals surface area contributed by atoms with Gasteiger partial charge in [0.2, 0.25) is 10.0 Å². The SMILES string of the molecule is COc1ccc(S(=O)(=O)N2CCCC2)cc1NC(=O)c1ccc(Cn2ccnc2)cc1. The monoisotopic (exact) mass is 440 g/mol. The summed E-state index contributed by atoms with van der Waals surface area (Å²) in [6, 6.07) is 11.7. The van der Waals surface area contributed by atoms with Crippen LogP contribution in [0.5, 0.6) is 5.75 Å². The van der Waals surface area contributed by atoms with Crippen LogP contribution >= 0.6 is 0 Å². The highest BCUT2D eigenvalue weighted by atomic mass is 32.2. The molecule has 0 unspecified atom stereocenters. The van der Waals surface area contributed by atoms with Gasteiger partial charge < -0.3 is 14.6 Å². The quantitative estimate of drug-likeness (QED) is 0.610. The van der Waals surface area contributed by atoms with Gasteiger partial charge in [0.15, 0.2) is 0 Å². The molecule has 0 saturated carbocycles. The lowest BCUT2D eigenvalue weighted by Gasteiger charge is -2.17. The van der Waals surface area contributed by atoms with E-state index in [1.54, 1.807) is 30.7 Å². The van der Waals surface area contributed by atoms with E-state index in [0.29, 0.717) is 36.6 Å². The van der Waals surface area contributed by atoms with Crippen molar-refractivity contribution in [2.75, 3.05) is 25.5 Å². The molecule has 1 aliphatic rings. The Balaban J connectivity index is 1.53. The van der Waals surface area contributed by atoms with Gasteiger partial charge in [0.1, 0.15) is 5.75 Å². The second kappa shape index (κ2) is 8.91. The minimum Gasteiger partial charge on any atom is -0.495 e. The van der Waals surface area contributed by atoms with Gasteiger partial charge in [-0.05, 0) is 48.7 Å². The van der Waals surface area contributed by atoms with Gasteiger partial charge >= 0.3 is 0 Å². The number of anilines is 1. The third-order valence-corrected chi connectivity index (χ3v) is 7.16. The molecule has 1 N–H and O–H groups in total. The largest absolute Gasteiger partial charge is 0.495 e. The van der Waals surface area contributed by atoms with E-state index in [-0.39, 0.29) is 10.8 Å². The summed E-state index contributed by atoms with van der Waals surface area (Å²) in [5, 5.41) is 2.78. The number of ether oxygens (including phenoxy) is 1. The number of nitrogens with one attached hydrogen (secondary N) is 1. The second-order valence-electron chi connectivity index (χ2n) is 7.36. The predicted octanol–water partition coefficient (Wildman–Crippen LogP) is 2.98. The van der Waals surface area contributed by atoms with Crippen molar-refractivity contribution in [3.8, 4) is 5.75 Å². The Morgan fingerprint density at radius 1 is 1.13 bits per heavy atom. The van der Waals surface area contributed by atoms with Crippen molar-refractivity contribution in [3.05, 3.63) is 72.3 Å². The molecule has 0 atom stereocenters. The molecule has 0 bridgehead atoms. The van der Waals surface area contributed by atoms with Crippen LogP contribution in [0.4, 0.5) is 5.69 Å². The van der Waals surface area contributed by atoms with Gasteiger partial charge in [-0.25, -0.2) is 13.4 Å². The number of imidazole rings is 1. The first-order valence-corrected chi connectivity index (χ1v) is 11.5. The maximum Gasteiger partial charge on any atom is 0.255 e. The minimum absolute atomic E-state index is 0.140. The van der Waals surface area contributed by atoms with E-state index in [1.165, 1.54) is 23.5 Å². The summed E-state index contributed by atoms with van der Waals surface area (Å²) in [6.45, 7) is 1.69. The number of benzene rings is 2. The van der Waals surface area contributed by atoms with Gasteiger partial charge in [0, 0.05) is 37.6 Å². The average Bonchev–Trinajstić information content (AvgIpc) is 3.49. The van der Waals surface area contributed by atoms with Crippen molar-refractivity contribution < 1.29 is 17.9 Å². The Bertz CT molecular complexity index is 1150. The third kappa shape index (κ3) is 4.62. The van der Waals surface area contributed by atoms with Crippen molar-refractivity contribution in [2.24, 2.45) is 0 Å². The number of methoxy groups -OCH3 is 1. The maximum atomic E-state index is 12.9. The molecule has 0 radical (unpaired) electrons. The molecule has 0 aliphatic carbocycles. The first kappa shape index (κ1) is 21.1. The van der Waals surface area contributed by atoms with Crippen LogP contribution in [-0.2, 0) is 16.6 Å². The van der Waals surface area contributed by atoms with E-state index < -0.39 is 10.0 Å². The summed E-state index contributed by atoms with van der Waals surface area (Å²) >= 11 is 0. The van der Waals surface area contributed by atoms with Crippen molar-refractivity contribution in [2.45, 2.75) is 24.3 Å².